The predicted molar refractivity (Wildman–Crippen MR) is 108 cm³/mol. The molecule has 1 aliphatic rings. The van der Waals surface area contributed by atoms with Gasteiger partial charge in [-0.15, -0.1) is 0 Å². The fraction of sp³-hybridized carbons (Fsp3) is 0.333. The van der Waals surface area contributed by atoms with Gasteiger partial charge in [0.25, 0.3) is 0 Å². The first-order chi connectivity index (χ1) is 13.4. The molecule has 2 aromatic carbocycles. The molecule has 0 saturated carbocycles. The quantitative estimate of drug-likeness (QED) is 0.659. The molecule has 0 saturated heterocycles. The van der Waals surface area contributed by atoms with Gasteiger partial charge in [-0.3, -0.25) is 0 Å². The van der Waals surface area contributed by atoms with Crippen molar-refractivity contribution in [2.75, 3.05) is 0 Å². The second-order valence-electron chi connectivity index (χ2n) is 7.40. The lowest BCUT2D eigenvalue weighted by Crippen LogP contribution is -2.17. The molecular weight excluding hydrogens is 320 g/mol. The molecule has 26 heavy (non-hydrogen) atoms. The Morgan fingerprint density at radius 3 is 2.42 bits per heavy atom. The van der Waals surface area contributed by atoms with Gasteiger partial charge in [-0.25, -0.2) is 0 Å². The topological polar surface area (TPSA) is 40.5 Å². The highest BCUT2D eigenvalue weighted by Crippen LogP contribution is 2.46. The van der Waals surface area contributed by atoms with Gasteiger partial charge in [-0.2, -0.15) is 0 Å². The summed E-state index contributed by atoms with van der Waals surface area (Å²) < 4.78 is 15.4. The van der Waals surface area contributed by atoms with Crippen molar-refractivity contribution in [3.05, 3.63) is 82.9 Å². The van der Waals surface area contributed by atoms with Gasteiger partial charge in [-0.05, 0) is 68.7 Å². The number of hydrogen-bond donors (Lipinski definition) is 2. The summed E-state index contributed by atoms with van der Waals surface area (Å²) in [5.74, 6) is -0.0927. The van der Waals surface area contributed by atoms with Crippen LogP contribution in [0.5, 0.6) is 11.5 Å². The zero-order valence-corrected chi connectivity index (χ0v) is 15.5. The third kappa shape index (κ3) is 4.01. The van der Waals surface area contributed by atoms with E-state index in [1.807, 2.05) is 32.0 Å². The van der Waals surface area contributed by atoms with E-state index in [0.717, 1.165) is 31.2 Å². The number of rotatable bonds is 5. The smallest absolute Gasteiger partial charge is 0.123 e. The third-order valence-electron chi connectivity index (χ3n) is 5.38. The van der Waals surface area contributed by atoms with Crippen molar-refractivity contribution in [3.63, 3.8) is 0 Å². The van der Waals surface area contributed by atoms with E-state index in [0.29, 0.717) is 11.1 Å². The van der Waals surface area contributed by atoms with Crippen LogP contribution in [-0.4, -0.2) is 10.2 Å². The van der Waals surface area contributed by atoms with Crippen molar-refractivity contribution in [3.8, 4) is 11.5 Å². The van der Waals surface area contributed by atoms with Crippen LogP contribution in [0, 0.1) is 5.92 Å². The van der Waals surface area contributed by atoms with Crippen LogP contribution in [0.4, 0.5) is 0 Å². The van der Waals surface area contributed by atoms with Crippen molar-refractivity contribution < 1.29 is 13.0 Å². The number of benzene rings is 2. The molecule has 2 atom stereocenters. The van der Waals surface area contributed by atoms with Gasteiger partial charge in [0.2, 0.25) is 0 Å². The molecule has 2 heteroatoms. The second kappa shape index (κ2) is 7.82. The van der Waals surface area contributed by atoms with E-state index in [1.165, 1.54) is 11.1 Å². The zero-order valence-electron chi connectivity index (χ0n) is 17.5. The van der Waals surface area contributed by atoms with Crippen LogP contribution in [-0.2, 0) is 12.8 Å². The highest BCUT2D eigenvalue weighted by molar-refractivity contribution is 5.52. The van der Waals surface area contributed by atoms with Gasteiger partial charge < -0.3 is 10.2 Å². The third-order valence-corrected chi connectivity index (χ3v) is 5.38. The zero-order chi connectivity index (χ0) is 20.3. The Labute approximate surface area is 159 Å². The van der Waals surface area contributed by atoms with Gasteiger partial charge in [0.15, 0.2) is 0 Å². The summed E-state index contributed by atoms with van der Waals surface area (Å²) in [4.78, 5) is 0. The van der Waals surface area contributed by atoms with Crippen LogP contribution < -0.4 is 0 Å². The van der Waals surface area contributed by atoms with E-state index in [4.69, 9.17) is 2.74 Å². The maximum Gasteiger partial charge on any atom is 0.123 e. The summed E-state index contributed by atoms with van der Waals surface area (Å²) in [6.07, 6.45) is 5.36. The van der Waals surface area contributed by atoms with E-state index in [2.05, 4.69) is 18.2 Å². The highest BCUT2D eigenvalue weighted by atomic mass is 16.3. The molecule has 136 valence electrons. The minimum atomic E-state index is -0.220. The van der Waals surface area contributed by atoms with Crippen molar-refractivity contribution in [1.82, 2.24) is 0 Å². The summed E-state index contributed by atoms with van der Waals surface area (Å²) in [6, 6.07) is 13.6. The monoisotopic (exact) mass is 350 g/mol. The van der Waals surface area contributed by atoms with Gasteiger partial charge >= 0.3 is 0 Å². The maximum atomic E-state index is 10.7. The Kier molecular flexibility index (Phi) is 4.74. The molecule has 0 aliphatic heterocycles. The van der Waals surface area contributed by atoms with Crippen LogP contribution in [0.2, 0.25) is 0 Å². The van der Waals surface area contributed by atoms with Gasteiger partial charge in [0, 0.05) is 11.5 Å². The number of allylic oxidation sites excluding steroid dienone is 3. The largest absolute Gasteiger partial charge is 0.507 e. The molecular formula is C24H28O2. The molecule has 3 rings (SSSR count). The van der Waals surface area contributed by atoms with Crippen molar-refractivity contribution in [2.24, 2.45) is 5.92 Å². The first-order valence-corrected chi connectivity index (χ1v) is 9.26. The minimum absolute atomic E-state index is 0.0549. The number of aryl methyl sites for hydroxylation is 2. The molecule has 0 fully saturated rings. The summed E-state index contributed by atoms with van der Waals surface area (Å²) in [6.45, 7) is 3.68. The summed E-state index contributed by atoms with van der Waals surface area (Å²) >= 11 is 0. The van der Waals surface area contributed by atoms with Crippen LogP contribution in [0.15, 0.2) is 66.2 Å². The van der Waals surface area contributed by atoms with Crippen LogP contribution in [0.1, 0.15) is 52.0 Å². The molecule has 2 aromatic rings. The summed E-state index contributed by atoms with van der Waals surface area (Å²) in [5, 5.41) is 21.5. The average Bonchev–Trinajstić information content (AvgIpc) is 2.66. The van der Waals surface area contributed by atoms with Crippen molar-refractivity contribution >= 4 is 0 Å². The predicted octanol–water partition coefficient (Wildman–Crippen LogP) is 5.90. The molecule has 2 N–H and O–H groups in total. The van der Waals surface area contributed by atoms with Crippen molar-refractivity contribution in [1.29, 1.82) is 0 Å². The van der Waals surface area contributed by atoms with E-state index >= 15 is 0 Å². The Bertz CT molecular complexity index is 873. The molecule has 1 aliphatic carbocycles. The van der Waals surface area contributed by atoms with Gasteiger partial charge in [0.05, 0.1) is 2.74 Å². The fourth-order valence-electron chi connectivity index (χ4n) is 3.94. The van der Waals surface area contributed by atoms with Crippen LogP contribution in [0.25, 0.3) is 0 Å². The fourth-order valence-corrected chi connectivity index (χ4v) is 3.94. The lowest BCUT2D eigenvalue weighted by atomic mass is 9.73. The van der Waals surface area contributed by atoms with Gasteiger partial charge in [0.1, 0.15) is 11.5 Å². The van der Waals surface area contributed by atoms with E-state index in [9.17, 15) is 10.2 Å². The van der Waals surface area contributed by atoms with Crippen molar-refractivity contribution in [2.45, 2.75) is 45.4 Å². The second-order valence-corrected chi connectivity index (χ2v) is 7.40. The standard InChI is InChI=1S/C24H28O2/c1-16(2)20-12-9-17(3)13-21(20)24-22(25)14-19(15-23(24)26)11-10-18-7-5-4-6-8-18/h4-8,13-15,20-21,25-26H,1,9-12H2,2-3H3/i1D2. The molecule has 0 aromatic heterocycles. The first-order valence-electron chi connectivity index (χ1n) is 10.3. The molecule has 0 radical (unpaired) electrons. The molecule has 0 bridgehead atoms. The minimum Gasteiger partial charge on any atom is -0.507 e. The van der Waals surface area contributed by atoms with E-state index in [1.54, 1.807) is 12.1 Å². The number of phenols is 2. The molecule has 2 nitrogen and oxygen atoms in total. The van der Waals surface area contributed by atoms with E-state index < -0.39 is 0 Å². The number of aromatic hydroxyl groups is 2. The highest BCUT2D eigenvalue weighted by Gasteiger charge is 2.30. The lowest BCUT2D eigenvalue weighted by Gasteiger charge is -2.31. The average molecular weight is 350 g/mol. The number of hydrogen-bond acceptors (Lipinski definition) is 2. The Morgan fingerprint density at radius 1 is 1.12 bits per heavy atom. The Morgan fingerprint density at radius 2 is 1.77 bits per heavy atom. The SMILES string of the molecule is [2H]C([2H])=C(C)C1CCC(C)=CC1c1c(O)cc(CCc2ccccc2)cc1O. The normalized spacial score (nSPS) is 20.8. The number of phenolic OH excluding ortho intramolecular Hbond substituents is 2. The molecule has 0 spiro atoms. The molecule has 2 unspecified atom stereocenters. The summed E-state index contributed by atoms with van der Waals surface area (Å²) in [5.41, 5.74) is 4.52. The maximum absolute atomic E-state index is 10.7. The molecule has 0 amide bonds. The Hall–Kier alpha value is -2.48. The van der Waals surface area contributed by atoms with Gasteiger partial charge in [-0.1, -0.05) is 54.1 Å². The molecule has 0 heterocycles. The lowest BCUT2D eigenvalue weighted by molar-refractivity contribution is 0.406. The van der Waals surface area contributed by atoms with E-state index in [-0.39, 0.29) is 29.9 Å². The first kappa shape index (κ1) is 15.7. The summed E-state index contributed by atoms with van der Waals surface area (Å²) in [7, 11) is 0. The van der Waals surface area contributed by atoms with Crippen LogP contribution >= 0.6 is 0 Å². The Balaban J connectivity index is 1.90. The van der Waals surface area contributed by atoms with Crippen LogP contribution in [0.3, 0.4) is 0 Å².